The van der Waals surface area contributed by atoms with Gasteiger partial charge in [0.25, 0.3) is 0 Å². The molecule has 2 aromatic heterocycles. The fourth-order valence-corrected chi connectivity index (χ4v) is 2.29. The van der Waals surface area contributed by atoms with Crippen LogP contribution in [-0.4, -0.2) is 19.3 Å². The van der Waals surface area contributed by atoms with Gasteiger partial charge in [0.1, 0.15) is 5.82 Å². The number of nitrogens with one attached hydrogen (secondary N) is 1. The second kappa shape index (κ2) is 6.26. The minimum Gasteiger partial charge on any atom is -0.378 e. The van der Waals surface area contributed by atoms with Gasteiger partial charge < -0.3 is 9.88 Å². The molecule has 5 nitrogen and oxygen atoms in total. The lowest BCUT2D eigenvalue weighted by Gasteiger charge is -2.09. The molecule has 2 heterocycles. The molecule has 21 heavy (non-hydrogen) atoms. The first-order chi connectivity index (χ1) is 10.3. The van der Waals surface area contributed by atoms with Crippen LogP contribution in [0, 0.1) is 0 Å². The monoisotopic (exact) mass is 281 g/mol. The van der Waals surface area contributed by atoms with E-state index in [0.29, 0.717) is 0 Å². The first-order valence-corrected chi connectivity index (χ1v) is 7.15. The van der Waals surface area contributed by atoms with Crippen LogP contribution in [0.4, 0.5) is 5.69 Å². The quantitative estimate of drug-likeness (QED) is 0.756. The molecule has 0 radical (unpaired) electrons. The molecule has 0 amide bonds. The van der Waals surface area contributed by atoms with Crippen molar-refractivity contribution in [3.05, 3.63) is 66.5 Å². The van der Waals surface area contributed by atoms with Gasteiger partial charge in [0.15, 0.2) is 0 Å². The number of benzene rings is 1. The van der Waals surface area contributed by atoms with Gasteiger partial charge in [-0.15, -0.1) is 0 Å². The van der Waals surface area contributed by atoms with Crippen LogP contribution in [0.5, 0.6) is 0 Å². The van der Waals surface area contributed by atoms with Gasteiger partial charge in [0, 0.05) is 37.0 Å². The summed E-state index contributed by atoms with van der Waals surface area (Å²) in [6, 6.07) is 10.4. The Balaban J connectivity index is 1.59. The maximum atomic E-state index is 4.36. The summed E-state index contributed by atoms with van der Waals surface area (Å²) >= 11 is 0. The standard InChI is InChI=1S/C16H19N5/c1-2-20-11-9-17-16(20)12-18-15-6-4-14(5-7-15)13-21-10-3-8-19-21/h3-11,18H,2,12-13H2,1H3. The van der Waals surface area contributed by atoms with Gasteiger partial charge in [-0.1, -0.05) is 12.1 Å². The molecule has 5 heteroatoms. The molecule has 0 atom stereocenters. The lowest BCUT2D eigenvalue weighted by Crippen LogP contribution is -2.07. The minimum absolute atomic E-state index is 0.735. The molecule has 0 saturated carbocycles. The number of aryl methyl sites for hydroxylation is 1. The Labute approximate surface area is 124 Å². The second-order valence-electron chi connectivity index (χ2n) is 4.88. The molecule has 108 valence electrons. The van der Waals surface area contributed by atoms with Crippen LogP contribution in [-0.2, 0) is 19.6 Å². The third kappa shape index (κ3) is 3.31. The number of nitrogens with zero attached hydrogens (tertiary/aromatic N) is 4. The number of rotatable bonds is 6. The molecule has 3 rings (SSSR count). The van der Waals surface area contributed by atoms with E-state index in [4.69, 9.17) is 0 Å². The molecule has 0 aliphatic rings. The van der Waals surface area contributed by atoms with Gasteiger partial charge in [-0.3, -0.25) is 4.68 Å². The second-order valence-corrected chi connectivity index (χ2v) is 4.88. The first kappa shape index (κ1) is 13.4. The maximum Gasteiger partial charge on any atom is 0.128 e. The molecule has 0 unspecified atom stereocenters. The van der Waals surface area contributed by atoms with Gasteiger partial charge >= 0.3 is 0 Å². The summed E-state index contributed by atoms with van der Waals surface area (Å²) in [7, 11) is 0. The molecule has 0 spiro atoms. The third-order valence-corrected chi connectivity index (χ3v) is 3.45. The van der Waals surface area contributed by atoms with Gasteiger partial charge in [0.05, 0.1) is 13.1 Å². The number of hydrogen-bond acceptors (Lipinski definition) is 3. The Bertz CT molecular complexity index is 667. The van der Waals surface area contributed by atoms with Crippen molar-refractivity contribution in [3.63, 3.8) is 0 Å². The van der Waals surface area contributed by atoms with E-state index < -0.39 is 0 Å². The summed E-state index contributed by atoms with van der Waals surface area (Å²) in [5.41, 5.74) is 2.34. The van der Waals surface area contributed by atoms with Crippen LogP contribution >= 0.6 is 0 Å². The minimum atomic E-state index is 0.735. The van der Waals surface area contributed by atoms with Crippen molar-refractivity contribution in [2.24, 2.45) is 0 Å². The van der Waals surface area contributed by atoms with Gasteiger partial charge in [0.2, 0.25) is 0 Å². The Morgan fingerprint density at radius 3 is 2.67 bits per heavy atom. The van der Waals surface area contributed by atoms with Crippen molar-refractivity contribution < 1.29 is 0 Å². The molecule has 0 saturated heterocycles. The highest BCUT2D eigenvalue weighted by molar-refractivity contribution is 5.44. The topological polar surface area (TPSA) is 47.7 Å². The van der Waals surface area contributed by atoms with Gasteiger partial charge in [-0.05, 0) is 30.7 Å². The summed E-state index contributed by atoms with van der Waals surface area (Å²) in [4.78, 5) is 4.36. The fraction of sp³-hybridized carbons (Fsp3) is 0.250. The van der Waals surface area contributed by atoms with Crippen molar-refractivity contribution >= 4 is 5.69 Å². The van der Waals surface area contributed by atoms with Crippen molar-refractivity contribution in [2.75, 3.05) is 5.32 Å². The van der Waals surface area contributed by atoms with Crippen molar-refractivity contribution in [1.82, 2.24) is 19.3 Å². The lowest BCUT2D eigenvalue weighted by molar-refractivity contribution is 0.687. The normalized spacial score (nSPS) is 10.7. The number of hydrogen-bond donors (Lipinski definition) is 1. The van der Waals surface area contributed by atoms with Crippen LogP contribution < -0.4 is 5.32 Å². The Kier molecular flexibility index (Phi) is 4.00. The predicted octanol–water partition coefficient (Wildman–Crippen LogP) is 2.76. The molecule has 0 aliphatic heterocycles. The molecular weight excluding hydrogens is 262 g/mol. The van der Waals surface area contributed by atoms with Crippen LogP contribution in [0.15, 0.2) is 55.1 Å². The van der Waals surface area contributed by atoms with Crippen molar-refractivity contribution in [3.8, 4) is 0 Å². The number of anilines is 1. The number of aromatic nitrogens is 4. The Morgan fingerprint density at radius 1 is 1.10 bits per heavy atom. The fourth-order valence-electron chi connectivity index (χ4n) is 2.29. The van der Waals surface area contributed by atoms with E-state index in [2.05, 4.69) is 51.2 Å². The summed E-state index contributed by atoms with van der Waals surface area (Å²) in [6.07, 6.45) is 7.61. The Hall–Kier alpha value is -2.56. The van der Waals surface area contributed by atoms with Crippen LogP contribution in [0.25, 0.3) is 0 Å². The highest BCUT2D eigenvalue weighted by Crippen LogP contribution is 2.12. The lowest BCUT2D eigenvalue weighted by atomic mass is 10.2. The van der Waals surface area contributed by atoms with Gasteiger partial charge in [-0.25, -0.2) is 4.98 Å². The van der Waals surface area contributed by atoms with E-state index in [-0.39, 0.29) is 0 Å². The van der Waals surface area contributed by atoms with E-state index in [1.165, 1.54) is 5.56 Å². The average molecular weight is 281 g/mol. The summed E-state index contributed by atoms with van der Waals surface area (Å²) in [5, 5.41) is 7.62. The van der Waals surface area contributed by atoms with E-state index in [9.17, 15) is 0 Å². The summed E-state index contributed by atoms with van der Waals surface area (Å²) in [5.74, 6) is 1.05. The van der Waals surface area contributed by atoms with E-state index in [1.54, 1.807) is 6.20 Å². The molecule has 0 fully saturated rings. The Morgan fingerprint density at radius 2 is 1.95 bits per heavy atom. The molecule has 0 bridgehead atoms. The van der Waals surface area contributed by atoms with Crippen molar-refractivity contribution in [2.45, 2.75) is 26.6 Å². The van der Waals surface area contributed by atoms with Crippen LogP contribution in [0.2, 0.25) is 0 Å². The molecule has 3 aromatic rings. The van der Waals surface area contributed by atoms with Crippen LogP contribution in [0.3, 0.4) is 0 Å². The van der Waals surface area contributed by atoms with Crippen molar-refractivity contribution in [1.29, 1.82) is 0 Å². The zero-order chi connectivity index (χ0) is 14.5. The van der Waals surface area contributed by atoms with Crippen LogP contribution in [0.1, 0.15) is 18.3 Å². The summed E-state index contributed by atoms with van der Waals surface area (Å²) < 4.78 is 4.06. The number of imidazole rings is 1. The SMILES string of the molecule is CCn1ccnc1CNc1ccc(Cn2cccn2)cc1. The molecule has 0 aliphatic carbocycles. The van der Waals surface area contributed by atoms with E-state index in [0.717, 1.165) is 31.1 Å². The zero-order valence-corrected chi connectivity index (χ0v) is 12.1. The highest BCUT2D eigenvalue weighted by Gasteiger charge is 2.01. The molecular formula is C16H19N5. The first-order valence-electron chi connectivity index (χ1n) is 7.15. The average Bonchev–Trinajstić information content (AvgIpc) is 3.17. The van der Waals surface area contributed by atoms with Gasteiger partial charge in [-0.2, -0.15) is 5.10 Å². The largest absolute Gasteiger partial charge is 0.378 e. The van der Waals surface area contributed by atoms with E-state index in [1.807, 2.05) is 29.3 Å². The smallest absolute Gasteiger partial charge is 0.128 e. The predicted molar refractivity (Wildman–Crippen MR) is 83.0 cm³/mol. The van der Waals surface area contributed by atoms with E-state index >= 15 is 0 Å². The highest BCUT2D eigenvalue weighted by atomic mass is 15.3. The zero-order valence-electron chi connectivity index (χ0n) is 12.1. The summed E-state index contributed by atoms with van der Waals surface area (Å²) in [6.45, 7) is 4.60. The maximum absolute atomic E-state index is 4.36. The molecule has 1 aromatic carbocycles. The molecule has 1 N–H and O–H groups in total. The third-order valence-electron chi connectivity index (χ3n) is 3.45.